The molecule has 1 amide bonds. The SMILES string of the molecule is O=C([C@@H](NCc1ccccc1CN1CCCCC1)c1ccccc1)N1CCCC1. The Hall–Kier alpha value is -2.17. The van der Waals surface area contributed by atoms with E-state index in [0.29, 0.717) is 6.54 Å². The number of benzene rings is 2. The number of nitrogens with zero attached hydrogens (tertiary/aromatic N) is 2. The molecular formula is C25H33N3O. The molecule has 29 heavy (non-hydrogen) atoms. The highest BCUT2D eigenvalue weighted by Crippen LogP contribution is 2.21. The molecular weight excluding hydrogens is 358 g/mol. The molecule has 2 fully saturated rings. The first-order chi connectivity index (χ1) is 14.3. The lowest BCUT2D eigenvalue weighted by molar-refractivity contribution is -0.132. The zero-order valence-electron chi connectivity index (χ0n) is 17.4. The topological polar surface area (TPSA) is 35.6 Å². The molecule has 2 saturated heterocycles. The molecule has 2 aromatic carbocycles. The van der Waals surface area contributed by atoms with Crippen LogP contribution in [0.1, 0.15) is 54.8 Å². The lowest BCUT2D eigenvalue weighted by Gasteiger charge is -2.28. The molecule has 0 radical (unpaired) electrons. The second-order valence-electron chi connectivity index (χ2n) is 8.36. The van der Waals surface area contributed by atoms with Gasteiger partial charge in [0.25, 0.3) is 0 Å². The van der Waals surface area contributed by atoms with Gasteiger partial charge in [-0.2, -0.15) is 0 Å². The molecule has 0 saturated carbocycles. The molecule has 0 bridgehead atoms. The Kier molecular flexibility index (Phi) is 6.96. The second kappa shape index (κ2) is 10.0. The number of likely N-dealkylation sites (tertiary alicyclic amines) is 2. The summed E-state index contributed by atoms with van der Waals surface area (Å²) in [5.41, 5.74) is 3.73. The van der Waals surface area contributed by atoms with Gasteiger partial charge in [-0.05, 0) is 55.5 Å². The van der Waals surface area contributed by atoms with Crippen molar-refractivity contribution in [3.63, 3.8) is 0 Å². The summed E-state index contributed by atoms with van der Waals surface area (Å²) in [7, 11) is 0. The van der Waals surface area contributed by atoms with Crippen LogP contribution in [0.4, 0.5) is 0 Å². The Morgan fingerprint density at radius 1 is 0.793 bits per heavy atom. The molecule has 2 aromatic rings. The van der Waals surface area contributed by atoms with Gasteiger partial charge in [0.2, 0.25) is 5.91 Å². The summed E-state index contributed by atoms with van der Waals surface area (Å²) in [6, 6.07) is 18.6. The van der Waals surface area contributed by atoms with Crippen molar-refractivity contribution in [2.45, 2.75) is 51.2 Å². The van der Waals surface area contributed by atoms with E-state index in [2.05, 4.69) is 46.6 Å². The van der Waals surface area contributed by atoms with Gasteiger partial charge in [0.15, 0.2) is 0 Å². The van der Waals surface area contributed by atoms with E-state index in [1.54, 1.807) is 0 Å². The van der Waals surface area contributed by atoms with Crippen LogP contribution < -0.4 is 5.32 Å². The number of hydrogen-bond acceptors (Lipinski definition) is 3. The normalized spacial score (nSPS) is 18.7. The van der Waals surface area contributed by atoms with Crippen molar-refractivity contribution < 1.29 is 4.79 Å². The van der Waals surface area contributed by atoms with Gasteiger partial charge in [-0.25, -0.2) is 0 Å². The third kappa shape index (κ3) is 5.26. The minimum atomic E-state index is -0.280. The quantitative estimate of drug-likeness (QED) is 0.771. The fourth-order valence-corrected chi connectivity index (χ4v) is 4.57. The van der Waals surface area contributed by atoms with E-state index in [1.165, 1.54) is 43.5 Å². The summed E-state index contributed by atoms with van der Waals surface area (Å²) in [5, 5.41) is 3.60. The third-order valence-corrected chi connectivity index (χ3v) is 6.26. The van der Waals surface area contributed by atoms with E-state index >= 15 is 0 Å². The molecule has 2 heterocycles. The van der Waals surface area contributed by atoms with Crippen molar-refractivity contribution in [2.24, 2.45) is 0 Å². The lowest BCUT2D eigenvalue weighted by Crippen LogP contribution is -2.39. The first-order valence-electron chi connectivity index (χ1n) is 11.2. The first-order valence-corrected chi connectivity index (χ1v) is 11.2. The highest BCUT2D eigenvalue weighted by Gasteiger charge is 2.27. The van der Waals surface area contributed by atoms with Crippen molar-refractivity contribution in [1.82, 2.24) is 15.1 Å². The van der Waals surface area contributed by atoms with Gasteiger partial charge in [0.1, 0.15) is 6.04 Å². The molecule has 0 spiro atoms. The summed E-state index contributed by atoms with van der Waals surface area (Å²) in [5.74, 6) is 0.210. The Balaban J connectivity index is 1.48. The van der Waals surface area contributed by atoms with Gasteiger partial charge in [-0.3, -0.25) is 15.0 Å². The van der Waals surface area contributed by atoms with Gasteiger partial charge in [0, 0.05) is 26.2 Å². The first kappa shape index (κ1) is 20.1. The van der Waals surface area contributed by atoms with Crippen molar-refractivity contribution in [1.29, 1.82) is 0 Å². The van der Waals surface area contributed by atoms with Crippen LogP contribution in [0.3, 0.4) is 0 Å². The van der Waals surface area contributed by atoms with E-state index in [0.717, 1.165) is 38.0 Å². The second-order valence-corrected chi connectivity index (χ2v) is 8.36. The maximum Gasteiger partial charge on any atom is 0.244 e. The Morgan fingerprint density at radius 3 is 2.14 bits per heavy atom. The van der Waals surface area contributed by atoms with E-state index in [4.69, 9.17) is 0 Å². The van der Waals surface area contributed by atoms with Crippen molar-refractivity contribution in [2.75, 3.05) is 26.2 Å². The molecule has 2 aliphatic rings. The fraction of sp³-hybridized carbons (Fsp3) is 0.480. The zero-order valence-corrected chi connectivity index (χ0v) is 17.4. The minimum Gasteiger partial charge on any atom is -0.341 e. The number of rotatable bonds is 7. The average molecular weight is 392 g/mol. The van der Waals surface area contributed by atoms with E-state index in [-0.39, 0.29) is 11.9 Å². The monoisotopic (exact) mass is 391 g/mol. The molecule has 4 heteroatoms. The molecule has 1 atom stereocenters. The molecule has 4 nitrogen and oxygen atoms in total. The van der Waals surface area contributed by atoms with Gasteiger partial charge in [-0.1, -0.05) is 61.0 Å². The van der Waals surface area contributed by atoms with Crippen LogP contribution in [0.15, 0.2) is 54.6 Å². The minimum absolute atomic E-state index is 0.210. The molecule has 0 aliphatic carbocycles. The summed E-state index contributed by atoms with van der Waals surface area (Å²) < 4.78 is 0. The van der Waals surface area contributed by atoms with E-state index in [9.17, 15) is 4.79 Å². The number of nitrogens with one attached hydrogen (secondary N) is 1. The van der Waals surface area contributed by atoms with Crippen LogP contribution in [0, 0.1) is 0 Å². The smallest absolute Gasteiger partial charge is 0.244 e. The van der Waals surface area contributed by atoms with Crippen molar-refractivity contribution in [3.8, 4) is 0 Å². The summed E-state index contributed by atoms with van der Waals surface area (Å²) in [6.45, 7) is 5.88. The summed E-state index contributed by atoms with van der Waals surface area (Å²) >= 11 is 0. The maximum absolute atomic E-state index is 13.2. The van der Waals surface area contributed by atoms with Crippen LogP contribution in [0.5, 0.6) is 0 Å². The molecule has 1 N–H and O–H groups in total. The van der Waals surface area contributed by atoms with Crippen LogP contribution in [-0.2, 0) is 17.9 Å². The average Bonchev–Trinajstić information content (AvgIpc) is 3.31. The maximum atomic E-state index is 13.2. The number of carbonyl (C=O) groups is 1. The Morgan fingerprint density at radius 2 is 1.41 bits per heavy atom. The van der Waals surface area contributed by atoms with Crippen molar-refractivity contribution in [3.05, 3.63) is 71.3 Å². The number of piperidine rings is 1. The van der Waals surface area contributed by atoms with Gasteiger partial charge >= 0.3 is 0 Å². The zero-order chi connectivity index (χ0) is 19.9. The van der Waals surface area contributed by atoms with E-state index < -0.39 is 0 Å². The summed E-state index contributed by atoms with van der Waals surface area (Å²) in [4.78, 5) is 17.8. The number of carbonyl (C=O) groups excluding carboxylic acids is 1. The molecule has 4 rings (SSSR count). The lowest BCUT2D eigenvalue weighted by atomic mass is 10.0. The molecule has 154 valence electrons. The van der Waals surface area contributed by atoms with Gasteiger partial charge in [0.05, 0.1) is 0 Å². The van der Waals surface area contributed by atoms with E-state index in [1.807, 2.05) is 23.1 Å². The predicted octanol–water partition coefficient (Wildman–Crippen LogP) is 4.13. The predicted molar refractivity (Wildman–Crippen MR) is 117 cm³/mol. The Labute approximate surface area is 174 Å². The fourth-order valence-electron chi connectivity index (χ4n) is 4.57. The number of amides is 1. The largest absolute Gasteiger partial charge is 0.341 e. The van der Waals surface area contributed by atoms with Crippen LogP contribution in [-0.4, -0.2) is 41.9 Å². The third-order valence-electron chi connectivity index (χ3n) is 6.26. The highest BCUT2D eigenvalue weighted by molar-refractivity contribution is 5.83. The molecule has 0 unspecified atom stereocenters. The molecule has 2 aliphatic heterocycles. The Bertz CT molecular complexity index is 780. The number of hydrogen-bond donors (Lipinski definition) is 1. The highest BCUT2D eigenvalue weighted by atomic mass is 16.2. The van der Waals surface area contributed by atoms with Gasteiger partial charge in [-0.15, -0.1) is 0 Å². The molecule has 0 aromatic heterocycles. The standard InChI is InChI=1S/C25H33N3O/c29-25(28-17-9-10-18-28)24(21-11-3-1-4-12-21)26-19-22-13-5-6-14-23(22)20-27-15-7-2-8-16-27/h1,3-6,11-14,24,26H,2,7-10,15-20H2/t24-/m0/s1. The van der Waals surface area contributed by atoms with Crippen LogP contribution >= 0.6 is 0 Å². The van der Waals surface area contributed by atoms with Crippen LogP contribution in [0.2, 0.25) is 0 Å². The van der Waals surface area contributed by atoms with Crippen LogP contribution in [0.25, 0.3) is 0 Å². The summed E-state index contributed by atoms with van der Waals surface area (Å²) in [6.07, 6.45) is 6.20. The van der Waals surface area contributed by atoms with Crippen molar-refractivity contribution >= 4 is 5.91 Å². The van der Waals surface area contributed by atoms with Gasteiger partial charge < -0.3 is 4.90 Å².